The Morgan fingerprint density at radius 1 is 1.45 bits per heavy atom. The highest BCUT2D eigenvalue weighted by molar-refractivity contribution is 6.30. The van der Waals surface area contributed by atoms with Gasteiger partial charge in [0, 0.05) is 30.7 Å². The normalized spacial score (nSPS) is 15.5. The van der Waals surface area contributed by atoms with Gasteiger partial charge in [0.1, 0.15) is 5.76 Å². The molecular formula is C16H17ClN2O3. The number of halogens is 1. The lowest BCUT2D eigenvalue weighted by Crippen LogP contribution is -2.29. The average molecular weight is 321 g/mol. The van der Waals surface area contributed by atoms with Gasteiger partial charge in [-0.1, -0.05) is 28.9 Å². The molecule has 3 rings (SSSR count). The van der Waals surface area contributed by atoms with Crippen molar-refractivity contribution in [3.05, 3.63) is 52.4 Å². The van der Waals surface area contributed by atoms with Crippen LogP contribution >= 0.6 is 11.6 Å². The molecule has 1 amide bonds. The zero-order chi connectivity index (χ0) is 15.5. The van der Waals surface area contributed by atoms with Crippen LogP contribution in [0, 0.1) is 0 Å². The molecule has 5 nitrogen and oxygen atoms in total. The maximum atomic E-state index is 12.1. The number of benzene rings is 1. The third-order valence-electron chi connectivity index (χ3n) is 3.72. The molecule has 1 aromatic carbocycles. The standard InChI is InChI=1S/C16H17ClN2O3/c1-21-15(11-4-6-12(17)7-5-11)9-18-16(20)13-8-14(22-19-13)10-2-3-10/h4-8,10,15H,2-3,9H2,1H3,(H,18,20)/t15-/m0/s1. The zero-order valence-corrected chi connectivity index (χ0v) is 13.0. The van der Waals surface area contributed by atoms with Gasteiger partial charge in [0.15, 0.2) is 5.69 Å². The largest absolute Gasteiger partial charge is 0.375 e. The first-order valence-corrected chi connectivity index (χ1v) is 7.58. The van der Waals surface area contributed by atoms with Crippen LogP contribution in [0.2, 0.25) is 5.02 Å². The van der Waals surface area contributed by atoms with Gasteiger partial charge < -0.3 is 14.6 Å². The number of ether oxygens (including phenoxy) is 1. The average Bonchev–Trinajstić information content (AvgIpc) is 3.26. The van der Waals surface area contributed by atoms with E-state index in [0.29, 0.717) is 23.2 Å². The molecule has 0 radical (unpaired) electrons. The summed E-state index contributed by atoms with van der Waals surface area (Å²) in [5.74, 6) is 0.979. The smallest absolute Gasteiger partial charge is 0.273 e. The molecule has 0 unspecified atom stereocenters. The van der Waals surface area contributed by atoms with E-state index in [4.69, 9.17) is 20.9 Å². The number of amides is 1. The predicted octanol–water partition coefficient (Wildman–Crippen LogP) is 3.32. The van der Waals surface area contributed by atoms with E-state index in [1.165, 1.54) is 0 Å². The number of hydrogen-bond donors (Lipinski definition) is 1. The van der Waals surface area contributed by atoms with Gasteiger partial charge in [0.2, 0.25) is 0 Å². The summed E-state index contributed by atoms with van der Waals surface area (Å²) in [5.41, 5.74) is 1.26. The van der Waals surface area contributed by atoms with E-state index in [1.54, 1.807) is 25.3 Å². The first-order chi connectivity index (χ1) is 10.7. The Hall–Kier alpha value is -1.85. The van der Waals surface area contributed by atoms with Gasteiger partial charge >= 0.3 is 0 Å². The van der Waals surface area contributed by atoms with Crippen LogP contribution in [0.25, 0.3) is 0 Å². The van der Waals surface area contributed by atoms with Gasteiger partial charge in [-0.3, -0.25) is 4.79 Å². The van der Waals surface area contributed by atoms with Gasteiger partial charge in [-0.15, -0.1) is 0 Å². The van der Waals surface area contributed by atoms with Crippen molar-refractivity contribution in [2.75, 3.05) is 13.7 Å². The summed E-state index contributed by atoms with van der Waals surface area (Å²) in [6.45, 7) is 0.350. The number of carbonyl (C=O) groups excluding carboxylic acids is 1. The summed E-state index contributed by atoms with van der Waals surface area (Å²) >= 11 is 5.87. The number of nitrogens with zero attached hydrogens (tertiary/aromatic N) is 1. The molecule has 0 spiro atoms. The van der Waals surface area contributed by atoms with E-state index in [2.05, 4.69) is 10.5 Å². The second-order valence-electron chi connectivity index (χ2n) is 5.37. The molecule has 0 saturated heterocycles. The maximum Gasteiger partial charge on any atom is 0.273 e. The molecule has 2 aromatic rings. The van der Waals surface area contributed by atoms with Crippen LogP contribution < -0.4 is 5.32 Å². The van der Waals surface area contributed by atoms with Crippen molar-refractivity contribution >= 4 is 17.5 Å². The van der Waals surface area contributed by atoms with Crippen LogP contribution in [0.15, 0.2) is 34.9 Å². The fraction of sp³-hybridized carbons (Fsp3) is 0.375. The Kier molecular flexibility index (Phi) is 4.45. The Morgan fingerprint density at radius 2 is 2.18 bits per heavy atom. The summed E-state index contributed by atoms with van der Waals surface area (Å²) in [6, 6.07) is 9.07. The first-order valence-electron chi connectivity index (χ1n) is 7.20. The van der Waals surface area contributed by atoms with Gasteiger partial charge in [-0.2, -0.15) is 0 Å². The van der Waals surface area contributed by atoms with Crippen molar-refractivity contribution in [3.63, 3.8) is 0 Å². The minimum atomic E-state index is -0.258. The minimum Gasteiger partial charge on any atom is -0.375 e. The van der Waals surface area contributed by atoms with E-state index in [9.17, 15) is 4.79 Å². The van der Waals surface area contributed by atoms with Crippen molar-refractivity contribution in [2.45, 2.75) is 24.9 Å². The van der Waals surface area contributed by atoms with Crippen LogP contribution in [-0.4, -0.2) is 24.7 Å². The Balaban J connectivity index is 1.59. The highest BCUT2D eigenvalue weighted by Gasteiger charge is 2.29. The van der Waals surface area contributed by atoms with Gasteiger partial charge in [0.05, 0.1) is 6.10 Å². The van der Waals surface area contributed by atoms with E-state index < -0.39 is 0 Å². The van der Waals surface area contributed by atoms with E-state index in [0.717, 1.165) is 24.2 Å². The summed E-state index contributed by atoms with van der Waals surface area (Å²) in [7, 11) is 1.60. The van der Waals surface area contributed by atoms with Crippen LogP contribution in [0.4, 0.5) is 0 Å². The van der Waals surface area contributed by atoms with Crippen LogP contribution in [-0.2, 0) is 4.74 Å². The molecule has 22 heavy (non-hydrogen) atoms. The number of carbonyl (C=O) groups is 1. The molecule has 1 aliphatic rings. The Bertz CT molecular complexity index is 650. The third-order valence-corrected chi connectivity index (χ3v) is 3.97. The Morgan fingerprint density at radius 3 is 2.82 bits per heavy atom. The molecule has 1 atom stereocenters. The molecule has 1 aromatic heterocycles. The molecule has 1 saturated carbocycles. The number of nitrogens with one attached hydrogen (secondary N) is 1. The quantitative estimate of drug-likeness (QED) is 0.886. The van der Waals surface area contributed by atoms with E-state index >= 15 is 0 Å². The SMILES string of the molecule is CO[C@@H](CNC(=O)c1cc(C2CC2)on1)c1ccc(Cl)cc1. The highest BCUT2D eigenvalue weighted by atomic mass is 35.5. The molecule has 6 heteroatoms. The summed E-state index contributed by atoms with van der Waals surface area (Å²) in [4.78, 5) is 12.1. The molecule has 1 aliphatic carbocycles. The second-order valence-corrected chi connectivity index (χ2v) is 5.81. The number of methoxy groups -OCH3 is 1. The van der Waals surface area contributed by atoms with Crippen LogP contribution in [0.3, 0.4) is 0 Å². The first kappa shape index (κ1) is 15.1. The van der Waals surface area contributed by atoms with Crippen molar-refractivity contribution < 1.29 is 14.1 Å². The topological polar surface area (TPSA) is 64.4 Å². The van der Waals surface area contributed by atoms with Gasteiger partial charge in [-0.05, 0) is 30.5 Å². The van der Waals surface area contributed by atoms with E-state index in [1.807, 2.05) is 12.1 Å². The number of rotatable bonds is 6. The fourth-order valence-corrected chi connectivity index (χ4v) is 2.37. The summed E-state index contributed by atoms with van der Waals surface area (Å²) < 4.78 is 10.6. The van der Waals surface area contributed by atoms with Gasteiger partial charge in [-0.25, -0.2) is 0 Å². The van der Waals surface area contributed by atoms with Crippen molar-refractivity contribution in [1.29, 1.82) is 0 Å². The molecule has 0 bridgehead atoms. The van der Waals surface area contributed by atoms with Crippen molar-refractivity contribution in [3.8, 4) is 0 Å². The maximum absolute atomic E-state index is 12.1. The van der Waals surface area contributed by atoms with Crippen molar-refractivity contribution in [1.82, 2.24) is 10.5 Å². The predicted molar refractivity (Wildman–Crippen MR) is 82.0 cm³/mol. The molecular weight excluding hydrogens is 304 g/mol. The molecule has 1 N–H and O–H groups in total. The third kappa shape index (κ3) is 3.48. The highest BCUT2D eigenvalue weighted by Crippen LogP contribution is 2.40. The molecule has 0 aliphatic heterocycles. The molecule has 1 fully saturated rings. The lowest BCUT2D eigenvalue weighted by atomic mass is 10.1. The van der Waals surface area contributed by atoms with Crippen LogP contribution in [0.5, 0.6) is 0 Å². The van der Waals surface area contributed by atoms with Crippen LogP contribution in [0.1, 0.15) is 46.7 Å². The molecule has 116 valence electrons. The van der Waals surface area contributed by atoms with E-state index in [-0.39, 0.29) is 12.0 Å². The van der Waals surface area contributed by atoms with Gasteiger partial charge in [0.25, 0.3) is 5.91 Å². The molecule has 1 heterocycles. The monoisotopic (exact) mass is 320 g/mol. The lowest BCUT2D eigenvalue weighted by molar-refractivity contribution is 0.0821. The Labute approximate surface area is 133 Å². The summed E-state index contributed by atoms with van der Waals surface area (Å²) in [5, 5.41) is 7.30. The number of hydrogen-bond acceptors (Lipinski definition) is 4. The summed E-state index contributed by atoms with van der Waals surface area (Å²) in [6.07, 6.45) is 1.98. The second kappa shape index (κ2) is 6.50. The minimum absolute atomic E-state index is 0.240. The lowest BCUT2D eigenvalue weighted by Gasteiger charge is -2.16. The fourth-order valence-electron chi connectivity index (χ4n) is 2.25. The van der Waals surface area contributed by atoms with Crippen molar-refractivity contribution in [2.24, 2.45) is 0 Å². The number of aromatic nitrogens is 1. The zero-order valence-electron chi connectivity index (χ0n) is 12.2.